The van der Waals surface area contributed by atoms with Crippen LogP contribution in [0.4, 0.5) is 0 Å². The van der Waals surface area contributed by atoms with Gasteiger partial charge in [0.05, 0.1) is 11.6 Å². The molecule has 2 rings (SSSR count). The van der Waals surface area contributed by atoms with E-state index in [9.17, 15) is 0 Å². The molecule has 3 nitrogen and oxygen atoms in total. The maximum absolute atomic E-state index is 8.91. The molecule has 0 amide bonds. The van der Waals surface area contributed by atoms with Gasteiger partial charge in [-0.25, -0.2) is 4.98 Å². The van der Waals surface area contributed by atoms with Crippen LogP contribution in [0, 0.1) is 25.2 Å². The standard InChI is InChI=1S/C15H13ClN2O/c1-10-5-13(8-17)6-11(2)15(10)19-14-4-3-12(7-16)9-18-14/h3-6,9H,7H2,1-2H3. The van der Waals surface area contributed by atoms with Gasteiger partial charge in [0.15, 0.2) is 0 Å². The van der Waals surface area contributed by atoms with Gasteiger partial charge >= 0.3 is 0 Å². The van der Waals surface area contributed by atoms with Crippen LogP contribution in [0.15, 0.2) is 30.5 Å². The number of ether oxygens (including phenoxy) is 1. The third-order valence-corrected chi connectivity index (χ3v) is 3.06. The smallest absolute Gasteiger partial charge is 0.219 e. The van der Waals surface area contributed by atoms with E-state index < -0.39 is 0 Å². The first kappa shape index (κ1) is 13.4. The fourth-order valence-corrected chi connectivity index (χ4v) is 1.99. The third-order valence-electron chi connectivity index (χ3n) is 2.75. The van der Waals surface area contributed by atoms with E-state index in [1.165, 1.54) is 0 Å². The number of aryl methyl sites for hydroxylation is 2. The molecule has 19 heavy (non-hydrogen) atoms. The molecule has 2 aromatic rings. The van der Waals surface area contributed by atoms with Crippen LogP contribution >= 0.6 is 11.6 Å². The van der Waals surface area contributed by atoms with E-state index in [0.29, 0.717) is 17.3 Å². The zero-order valence-electron chi connectivity index (χ0n) is 10.8. The van der Waals surface area contributed by atoms with Gasteiger partial charge in [-0.1, -0.05) is 6.07 Å². The molecule has 1 heterocycles. The number of benzene rings is 1. The van der Waals surface area contributed by atoms with Gasteiger partial charge in [-0.15, -0.1) is 11.6 Å². The molecule has 1 aromatic carbocycles. The van der Waals surface area contributed by atoms with Crippen molar-refractivity contribution in [3.8, 4) is 17.7 Å². The quantitative estimate of drug-likeness (QED) is 0.790. The molecular weight excluding hydrogens is 260 g/mol. The molecule has 0 saturated carbocycles. The van der Waals surface area contributed by atoms with Crippen molar-refractivity contribution in [3.05, 3.63) is 52.7 Å². The fourth-order valence-electron chi connectivity index (χ4n) is 1.83. The van der Waals surface area contributed by atoms with Crippen LogP contribution in [0.2, 0.25) is 0 Å². The predicted octanol–water partition coefficient (Wildman–Crippen LogP) is 4.10. The molecule has 0 fully saturated rings. The molecule has 4 heteroatoms. The Hall–Kier alpha value is -2.05. The zero-order chi connectivity index (χ0) is 13.8. The summed E-state index contributed by atoms with van der Waals surface area (Å²) in [6.45, 7) is 3.83. The molecule has 0 aliphatic carbocycles. The molecule has 0 bridgehead atoms. The molecule has 0 aliphatic heterocycles. The molecule has 0 unspecified atom stereocenters. The summed E-state index contributed by atoms with van der Waals surface area (Å²) in [5.74, 6) is 1.69. The van der Waals surface area contributed by atoms with E-state index in [1.807, 2.05) is 19.9 Å². The number of halogens is 1. The maximum Gasteiger partial charge on any atom is 0.219 e. The lowest BCUT2D eigenvalue weighted by molar-refractivity contribution is 0.455. The van der Waals surface area contributed by atoms with Crippen molar-refractivity contribution in [1.29, 1.82) is 5.26 Å². The first-order valence-electron chi connectivity index (χ1n) is 5.84. The number of aromatic nitrogens is 1. The summed E-state index contributed by atoms with van der Waals surface area (Å²) in [6.07, 6.45) is 1.69. The van der Waals surface area contributed by atoms with E-state index in [4.69, 9.17) is 21.6 Å². The zero-order valence-corrected chi connectivity index (χ0v) is 11.5. The normalized spacial score (nSPS) is 10.0. The van der Waals surface area contributed by atoms with Crippen LogP contribution in [0.25, 0.3) is 0 Å². The second-order valence-corrected chi connectivity index (χ2v) is 4.56. The Labute approximate surface area is 117 Å². The average molecular weight is 273 g/mol. The lowest BCUT2D eigenvalue weighted by Crippen LogP contribution is -1.94. The third kappa shape index (κ3) is 3.04. The van der Waals surface area contributed by atoms with Crippen LogP contribution in [-0.4, -0.2) is 4.98 Å². The highest BCUT2D eigenvalue weighted by Crippen LogP contribution is 2.28. The van der Waals surface area contributed by atoms with Gasteiger partial charge in [-0.3, -0.25) is 0 Å². The summed E-state index contributed by atoms with van der Waals surface area (Å²) >= 11 is 5.71. The molecule has 1 aromatic heterocycles. The number of pyridine rings is 1. The molecule has 0 N–H and O–H groups in total. The van der Waals surface area contributed by atoms with Crippen LogP contribution in [0.1, 0.15) is 22.3 Å². The highest BCUT2D eigenvalue weighted by atomic mass is 35.5. The van der Waals surface area contributed by atoms with Crippen LogP contribution in [-0.2, 0) is 5.88 Å². The number of nitriles is 1. The van der Waals surface area contributed by atoms with E-state index in [1.54, 1.807) is 24.4 Å². The van der Waals surface area contributed by atoms with Crippen LogP contribution in [0.5, 0.6) is 11.6 Å². The highest BCUT2D eigenvalue weighted by Gasteiger charge is 2.08. The van der Waals surface area contributed by atoms with E-state index in [2.05, 4.69) is 11.1 Å². The van der Waals surface area contributed by atoms with Crippen molar-refractivity contribution in [1.82, 2.24) is 4.98 Å². The predicted molar refractivity (Wildman–Crippen MR) is 74.5 cm³/mol. The maximum atomic E-state index is 8.91. The molecule has 96 valence electrons. The number of hydrogen-bond donors (Lipinski definition) is 0. The molecule has 0 radical (unpaired) electrons. The number of hydrogen-bond acceptors (Lipinski definition) is 3. The lowest BCUT2D eigenvalue weighted by atomic mass is 10.1. The van der Waals surface area contributed by atoms with Gasteiger partial charge < -0.3 is 4.74 Å². The Bertz CT molecular complexity index is 607. The Balaban J connectivity index is 2.30. The minimum atomic E-state index is 0.433. The van der Waals surface area contributed by atoms with Gasteiger partial charge in [0, 0.05) is 18.1 Å². The van der Waals surface area contributed by atoms with E-state index >= 15 is 0 Å². The summed E-state index contributed by atoms with van der Waals surface area (Å²) in [6, 6.07) is 9.40. The molecule has 0 atom stereocenters. The van der Waals surface area contributed by atoms with Crippen LogP contribution in [0.3, 0.4) is 0 Å². The Kier molecular flexibility index (Phi) is 4.03. The second-order valence-electron chi connectivity index (χ2n) is 4.29. The van der Waals surface area contributed by atoms with E-state index in [0.717, 1.165) is 22.4 Å². The molecule has 0 spiro atoms. The molecule has 0 aliphatic rings. The van der Waals surface area contributed by atoms with Gasteiger partial charge in [0.25, 0.3) is 0 Å². The van der Waals surface area contributed by atoms with Gasteiger partial charge in [-0.2, -0.15) is 5.26 Å². The van der Waals surface area contributed by atoms with Crippen molar-refractivity contribution < 1.29 is 4.74 Å². The fraction of sp³-hybridized carbons (Fsp3) is 0.200. The molecule has 0 saturated heterocycles. The second kappa shape index (κ2) is 5.73. The first-order valence-corrected chi connectivity index (χ1v) is 6.37. The summed E-state index contributed by atoms with van der Waals surface area (Å²) in [7, 11) is 0. The SMILES string of the molecule is Cc1cc(C#N)cc(C)c1Oc1ccc(CCl)cn1. The summed E-state index contributed by atoms with van der Waals surface area (Å²) in [4.78, 5) is 4.20. The summed E-state index contributed by atoms with van der Waals surface area (Å²) in [5.41, 5.74) is 3.41. The number of nitrogens with zero attached hydrogens (tertiary/aromatic N) is 2. The van der Waals surface area contributed by atoms with Crippen molar-refractivity contribution in [2.75, 3.05) is 0 Å². The van der Waals surface area contributed by atoms with E-state index in [-0.39, 0.29) is 0 Å². The minimum absolute atomic E-state index is 0.433. The van der Waals surface area contributed by atoms with Gasteiger partial charge in [0.1, 0.15) is 5.75 Å². The van der Waals surface area contributed by atoms with Gasteiger partial charge in [0.2, 0.25) is 5.88 Å². The topological polar surface area (TPSA) is 45.9 Å². The lowest BCUT2D eigenvalue weighted by Gasteiger charge is -2.11. The van der Waals surface area contributed by atoms with Crippen molar-refractivity contribution in [2.24, 2.45) is 0 Å². The first-order chi connectivity index (χ1) is 9.13. The number of alkyl halides is 1. The summed E-state index contributed by atoms with van der Waals surface area (Å²) < 4.78 is 5.78. The minimum Gasteiger partial charge on any atom is -0.438 e. The largest absolute Gasteiger partial charge is 0.438 e. The average Bonchev–Trinajstić information content (AvgIpc) is 2.43. The Morgan fingerprint density at radius 3 is 2.42 bits per heavy atom. The number of rotatable bonds is 3. The Morgan fingerprint density at radius 1 is 1.26 bits per heavy atom. The van der Waals surface area contributed by atoms with Gasteiger partial charge in [-0.05, 0) is 42.7 Å². The van der Waals surface area contributed by atoms with Crippen molar-refractivity contribution >= 4 is 11.6 Å². The summed E-state index contributed by atoms with van der Waals surface area (Å²) in [5, 5.41) is 8.91. The monoisotopic (exact) mass is 272 g/mol. The highest BCUT2D eigenvalue weighted by molar-refractivity contribution is 6.17. The Morgan fingerprint density at radius 2 is 1.95 bits per heavy atom. The van der Waals surface area contributed by atoms with Crippen LogP contribution < -0.4 is 4.74 Å². The van der Waals surface area contributed by atoms with Crippen molar-refractivity contribution in [2.45, 2.75) is 19.7 Å². The molecular formula is C15H13ClN2O. The van der Waals surface area contributed by atoms with Crippen molar-refractivity contribution in [3.63, 3.8) is 0 Å².